The zero-order valence-electron chi connectivity index (χ0n) is 18.2. The Labute approximate surface area is 189 Å². The Morgan fingerprint density at radius 2 is 1.91 bits per heavy atom. The first-order chi connectivity index (χ1) is 15.5. The number of unbranched alkanes of at least 4 members (excludes halogenated alkanes) is 1. The van der Waals surface area contributed by atoms with Gasteiger partial charge < -0.3 is 5.32 Å². The fraction of sp³-hybridized carbons (Fsp3) is 0.423. The first-order valence-electron chi connectivity index (χ1n) is 11.7. The third-order valence-electron chi connectivity index (χ3n) is 7.90. The molecule has 0 fully saturated rings. The van der Waals surface area contributed by atoms with E-state index in [-0.39, 0.29) is 11.3 Å². The highest BCUT2D eigenvalue weighted by Gasteiger charge is 2.48. The van der Waals surface area contributed by atoms with E-state index in [4.69, 9.17) is 0 Å². The molecule has 5 nitrogen and oxygen atoms in total. The fourth-order valence-corrected chi connectivity index (χ4v) is 8.26. The standard InChI is InChI=1S/C26H28N2O3S/c29-25-26(14-6-8-18-7-5-10-21(27-25)24(18)26)13-3-4-15-28-16-12-20-19-9-1-2-11-22(19)32(30,31)23(20)17-28/h1-2,5,7,9-11H,3-4,6,8,12-17H2,(H,27,29). The molecule has 6 heteroatoms. The molecule has 0 radical (unpaired) electrons. The van der Waals surface area contributed by atoms with Crippen molar-refractivity contribution in [3.63, 3.8) is 0 Å². The molecule has 1 N–H and O–H groups in total. The summed E-state index contributed by atoms with van der Waals surface area (Å²) in [5, 5.41) is 3.13. The predicted molar refractivity (Wildman–Crippen MR) is 125 cm³/mol. The number of benzene rings is 2. The lowest BCUT2D eigenvalue weighted by Crippen LogP contribution is -2.37. The molecule has 0 saturated heterocycles. The number of rotatable bonds is 5. The number of nitrogens with zero attached hydrogens (tertiary/aromatic N) is 1. The van der Waals surface area contributed by atoms with Gasteiger partial charge in [-0.1, -0.05) is 36.8 Å². The summed E-state index contributed by atoms with van der Waals surface area (Å²) in [5.74, 6) is 0.169. The molecule has 0 aromatic heterocycles. The Morgan fingerprint density at radius 1 is 1.03 bits per heavy atom. The molecule has 3 aliphatic heterocycles. The van der Waals surface area contributed by atoms with Crippen molar-refractivity contribution in [1.29, 1.82) is 0 Å². The molecule has 1 atom stereocenters. The van der Waals surface area contributed by atoms with Crippen LogP contribution in [0.1, 0.15) is 55.2 Å². The summed E-state index contributed by atoms with van der Waals surface area (Å²) in [5.41, 5.74) is 5.14. The Morgan fingerprint density at radius 3 is 2.81 bits per heavy atom. The number of carbonyl (C=O) groups excluding carboxylic acids is 1. The molecular formula is C26H28N2O3S. The zero-order valence-corrected chi connectivity index (χ0v) is 19.0. The number of hydrogen-bond acceptors (Lipinski definition) is 4. The van der Waals surface area contributed by atoms with Gasteiger partial charge in [0, 0.05) is 18.8 Å². The van der Waals surface area contributed by atoms with Crippen molar-refractivity contribution in [3.05, 3.63) is 64.1 Å². The van der Waals surface area contributed by atoms with Crippen molar-refractivity contribution in [1.82, 2.24) is 4.90 Å². The average Bonchev–Trinajstić information content (AvgIpc) is 3.22. The number of amides is 1. The van der Waals surface area contributed by atoms with Crippen molar-refractivity contribution >= 4 is 27.0 Å². The molecule has 3 heterocycles. The van der Waals surface area contributed by atoms with Crippen LogP contribution < -0.4 is 5.32 Å². The number of anilines is 1. The van der Waals surface area contributed by atoms with Gasteiger partial charge in [-0.3, -0.25) is 9.69 Å². The van der Waals surface area contributed by atoms with Gasteiger partial charge in [0.15, 0.2) is 0 Å². The van der Waals surface area contributed by atoms with Gasteiger partial charge >= 0.3 is 0 Å². The van der Waals surface area contributed by atoms with Crippen LogP contribution in [-0.4, -0.2) is 38.9 Å². The summed E-state index contributed by atoms with van der Waals surface area (Å²) in [6.07, 6.45) is 6.65. The van der Waals surface area contributed by atoms with Crippen molar-refractivity contribution in [2.24, 2.45) is 0 Å². The maximum Gasteiger partial charge on any atom is 0.235 e. The Kier molecular flexibility index (Phi) is 4.60. The first-order valence-corrected chi connectivity index (χ1v) is 13.2. The van der Waals surface area contributed by atoms with Gasteiger partial charge in [-0.05, 0) is 79.5 Å². The van der Waals surface area contributed by atoms with Gasteiger partial charge in [-0.25, -0.2) is 8.42 Å². The van der Waals surface area contributed by atoms with Gasteiger partial charge in [0.05, 0.1) is 15.2 Å². The van der Waals surface area contributed by atoms with E-state index in [0.29, 0.717) is 16.3 Å². The second-order valence-corrected chi connectivity index (χ2v) is 11.6. The van der Waals surface area contributed by atoms with Crippen LogP contribution in [0.15, 0.2) is 52.3 Å². The van der Waals surface area contributed by atoms with E-state index in [2.05, 4.69) is 16.3 Å². The Hall–Kier alpha value is -2.44. The lowest BCUT2D eigenvalue weighted by Gasteiger charge is -2.33. The molecule has 4 aliphatic rings. The van der Waals surface area contributed by atoms with Crippen LogP contribution in [0.3, 0.4) is 0 Å². The normalized spacial score (nSPS) is 25.3. The largest absolute Gasteiger partial charge is 0.325 e. The molecule has 1 aliphatic carbocycles. The maximum absolute atomic E-state index is 13.0. The minimum Gasteiger partial charge on any atom is -0.325 e. The van der Waals surface area contributed by atoms with E-state index in [1.54, 1.807) is 12.1 Å². The average molecular weight is 449 g/mol. The van der Waals surface area contributed by atoms with Crippen LogP contribution >= 0.6 is 0 Å². The number of sulfone groups is 1. The molecule has 166 valence electrons. The Balaban J connectivity index is 1.12. The number of fused-ring (bicyclic) bond motifs is 2. The highest BCUT2D eigenvalue weighted by Crippen LogP contribution is 2.49. The second-order valence-electron chi connectivity index (χ2n) is 9.61. The van der Waals surface area contributed by atoms with Crippen LogP contribution in [0.5, 0.6) is 0 Å². The van der Waals surface area contributed by atoms with E-state index in [9.17, 15) is 13.2 Å². The van der Waals surface area contributed by atoms with Crippen molar-refractivity contribution in [2.45, 2.75) is 55.3 Å². The minimum atomic E-state index is -3.35. The van der Waals surface area contributed by atoms with Crippen LogP contribution in [0.2, 0.25) is 0 Å². The fourth-order valence-electron chi connectivity index (χ4n) is 6.37. The molecule has 0 bridgehead atoms. The molecule has 0 spiro atoms. The lowest BCUT2D eigenvalue weighted by molar-refractivity contribution is -0.121. The quantitative estimate of drug-likeness (QED) is 0.693. The summed E-state index contributed by atoms with van der Waals surface area (Å²) >= 11 is 0. The second kappa shape index (κ2) is 7.29. The van der Waals surface area contributed by atoms with Crippen LogP contribution in [0, 0.1) is 0 Å². The predicted octanol–water partition coefficient (Wildman–Crippen LogP) is 4.29. The summed E-state index contributed by atoms with van der Waals surface area (Å²) in [6, 6.07) is 13.6. The maximum atomic E-state index is 13.0. The minimum absolute atomic E-state index is 0.169. The Bertz CT molecular complexity index is 1260. The van der Waals surface area contributed by atoms with Crippen molar-refractivity contribution in [3.8, 4) is 0 Å². The molecule has 2 aromatic rings. The SMILES string of the molecule is O=C1Nc2cccc3c2C1(CCCCN1CCC2=C(C1)S(=O)(=O)c1ccccc12)CCC3. The van der Waals surface area contributed by atoms with E-state index < -0.39 is 9.84 Å². The van der Waals surface area contributed by atoms with Crippen LogP contribution in [0.4, 0.5) is 5.69 Å². The summed E-state index contributed by atoms with van der Waals surface area (Å²) in [7, 11) is -3.35. The van der Waals surface area contributed by atoms with E-state index >= 15 is 0 Å². The number of hydrogen-bond donors (Lipinski definition) is 1. The first kappa shape index (κ1) is 20.2. The van der Waals surface area contributed by atoms with Crippen molar-refractivity contribution in [2.75, 3.05) is 25.0 Å². The molecule has 1 unspecified atom stereocenters. The number of aryl methyl sites for hydroxylation is 1. The lowest BCUT2D eigenvalue weighted by atomic mass is 9.68. The molecular weight excluding hydrogens is 420 g/mol. The molecule has 2 aromatic carbocycles. The van der Waals surface area contributed by atoms with Crippen LogP contribution in [0.25, 0.3) is 5.57 Å². The third kappa shape index (κ3) is 2.85. The number of nitrogens with one attached hydrogen (secondary N) is 1. The molecule has 32 heavy (non-hydrogen) atoms. The molecule has 0 saturated carbocycles. The third-order valence-corrected chi connectivity index (χ3v) is 9.86. The van der Waals surface area contributed by atoms with Gasteiger partial charge in [-0.2, -0.15) is 0 Å². The van der Waals surface area contributed by atoms with E-state index in [1.807, 2.05) is 24.3 Å². The summed E-state index contributed by atoms with van der Waals surface area (Å²) < 4.78 is 26.0. The highest BCUT2D eigenvalue weighted by atomic mass is 32.2. The number of carbonyl (C=O) groups is 1. The van der Waals surface area contributed by atoms with Gasteiger partial charge in [0.1, 0.15) is 0 Å². The van der Waals surface area contributed by atoms with Gasteiger partial charge in [0.2, 0.25) is 15.7 Å². The molecule has 1 amide bonds. The summed E-state index contributed by atoms with van der Waals surface area (Å²) in [4.78, 5) is 16.3. The van der Waals surface area contributed by atoms with Gasteiger partial charge in [-0.15, -0.1) is 0 Å². The van der Waals surface area contributed by atoms with E-state index in [1.165, 1.54) is 11.1 Å². The van der Waals surface area contributed by atoms with Crippen molar-refractivity contribution < 1.29 is 13.2 Å². The monoisotopic (exact) mass is 448 g/mol. The van der Waals surface area contributed by atoms with E-state index in [0.717, 1.165) is 74.9 Å². The zero-order chi connectivity index (χ0) is 21.9. The summed E-state index contributed by atoms with van der Waals surface area (Å²) in [6.45, 7) is 2.26. The van der Waals surface area contributed by atoms with Gasteiger partial charge in [0.25, 0.3) is 0 Å². The topological polar surface area (TPSA) is 66.5 Å². The molecule has 6 rings (SSSR count). The van der Waals surface area contributed by atoms with Crippen LogP contribution in [-0.2, 0) is 26.5 Å². The smallest absolute Gasteiger partial charge is 0.235 e. The highest BCUT2D eigenvalue weighted by molar-refractivity contribution is 7.96.